The van der Waals surface area contributed by atoms with E-state index >= 15 is 0 Å². The molecule has 2 atom stereocenters. The van der Waals surface area contributed by atoms with E-state index in [1.54, 1.807) is 6.92 Å². The molecule has 0 bridgehead atoms. The molecule has 0 aromatic heterocycles. The third-order valence-electron chi connectivity index (χ3n) is 3.84. The average molecular weight is 295 g/mol. The molecule has 1 rings (SSSR count). The highest BCUT2D eigenvalue weighted by Crippen LogP contribution is 2.25. The summed E-state index contributed by atoms with van der Waals surface area (Å²) in [6, 6.07) is -1.09. The van der Waals surface area contributed by atoms with Gasteiger partial charge in [-0.3, -0.25) is 14.5 Å². The van der Waals surface area contributed by atoms with Crippen molar-refractivity contribution in [2.75, 3.05) is 6.54 Å². The monoisotopic (exact) mass is 295 g/mol. The van der Waals surface area contributed by atoms with Crippen molar-refractivity contribution in [1.82, 2.24) is 10.2 Å². The summed E-state index contributed by atoms with van der Waals surface area (Å²) in [6.07, 6.45) is 1.13. The predicted octanol–water partition coefficient (Wildman–Crippen LogP) is 1.41. The summed E-state index contributed by atoms with van der Waals surface area (Å²) >= 11 is 0. The smallest absolute Gasteiger partial charge is 0.312 e. The molecule has 1 aliphatic heterocycles. The highest BCUT2D eigenvalue weighted by molar-refractivity contribution is 6.05. The third-order valence-corrected chi connectivity index (χ3v) is 3.84. The Morgan fingerprint density at radius 3 is 2.52 bits per heavy atom. The van der Waals surface area contributed by atoms with Gasteiger partial charge in [0, 0.05) is 18.0 Å². The maximum absolute atomic E-state index is 12.4. The zero-order valence-corrected chi connectivity index (χ0v) is 13.2. The topological polar surface area (TPSA) is 92.5 Å². The number of primary amides is 1. The number of carbonyl (C=O) groups excluding carboxylic acids is 3. The molecule has 0 saturated carbocycles. The molecule has 3 N–H and O–H groups in total. The van der Waals surface area contributed by atoms with Crippen molar-refractivity contribution < 1.29 is 14.4 Å². The Hall–Kier alpha value is -1.85. The lowest BCUT2D eigenvalue weighted by Gasteiger charge is -2.35. The van der Waals surface area contributed by atoms with Crippen LogP contribution in [0.15, 0.2) is 12.2 Å². The molecule has 1 unspecified atom stereocenters. The maximum Gasteiger partial charge on any atom is 0.312 e. The van der Waals surface area contributed by atoms with Gasteiger partial charge in [0.25, 0.3) is 5.91 Å². The molecule has 1 aliphatic rings. The van der Waals surface area contributed by atoms with Crippen LogP contribution in [0.25, 0.3) is 0 Å². The minimum atomic E-state index is -0.670. The molecule has 0 aromatic rings. The van der Waals surface area contributed by atoms with Gasteiger partial charge in [-0.15, -0.1) is 0 Å². The predicted molar refractivity (Wildman–Crippen MR) is 80.2 cm³/mol. The van der Waals surface area contributed by atoms with Crippen LogP contribution < -0.4 is 11.1 Å². The molecule has 1 fully saturated rings. The summed E-state index contributed by atoms with van der Waals surface area (Å²) in [6.45, 7) is 11.4. The first-order valence-corrected chi connectivity index (χ1v) is 7.13. The average Bonchev–Trinajstić information content (AvgIpc) is 2.43. The molecule has 6 heteroatoms. The zero-order chi connectivity index (χ0) is 16.4. The molecule has 0 radical (unpaired) electrons. The number of nitrogens with one attached hydrogen (secondary N) is 1. The second kappa shape index (κ2) is 6.28. The molecule has 6 nitrogen and oxygen atoms in total. The number of hydrogen-bond donors (Lipinski definition) is 2. The largest absolute Gasteiger partial charge is 0.352 e. The molecular formula is C15H25N3O3. The standard InChI is InChI=1S/C15H25N3O3/c1-9-6-7-10(2)13(20)18(12(9)19)8-11(15(3,4)5)17-14(16)21/h10-11H,1,6-8H2,2-5H3,(H3,16,17,21)/t10?,11-/m1/s1. The van der Waals surface area contributed by atoms with Crippen LogP contribution in [0.4, 0.5) is 4.79 Å². The highest BCUT2D eigenvalue weighted by atomic mass is 16.2. The van der Waals surface area contributed by atoms with E-state index in [1.807, 2.05) is 20.8 Å². The lowest BCUT2D eigenvalue weighted by atomic mass is 9.86. The Balaban J connectivity index is 3.02. The van der Waals surface area contributed by atoms with Crippen LogP contribution >= 0.6 is 0 Å². The summed E-state index contributed by atoms with van der Waals surface area (Å²) in [7, 11) is 0. The normalized spacial score (nSPS) is 22.0. The first kappa shape index (κ1) is 17.2. The van der Waals surface area contributed by atoms with E-state index in [-0.39, 0.29) is 29.7 Å². The number of hydrogen-bond acceptors (Lipinski definition) is 3. The summed E-state index contributed by atoms with van der Waals surface area (Å²) < 4.78 is 0. The first-order valence-electron chi connectivity index (χ1n) is 7.13. The minimum absolute atomic E-state index is 0.105. The zero-order valence-electron chi connectivity index (χ0n) is 13.2. The lowest BCUT2D eigenvalue weighted by Crippen LogP contribution is -2.55. The molecule has 0 spiro atoms. The van der Waals surface area contributed by atoms with Crippen LogP contribution in [0.5, 0.6) is 0 Å². The van der Waals surface area contributed by atoms with E-state index < -0.39 is 12.1 Å². The van der Waals surface area contributed by atoms with E-state index in [1.165, 1.54) is 4.90 Å². The number of carbonyl (C=O) groups is 3. The fraction of sp³-hybridized carbons (Fsp3) is 0.667. The minimum Gasteiger partial charge on any atom is -0.352 e. The third kappa shape index (κ3) is 4.31. The molecule has 1 heterocycles. The Morgan fingerprint density at radius 2 is 2.05 bits per heavy atom. The highest BCUT2D eigenvalue weighted by Gasteiger charge is 2.36. The van der Waals surface area contributed by atoms with Gasteiger partial charge in [0.15, 0.2) is 0 Å². The maximum atomic E-state index is 12.4. The Kier molecular flexibility index (Phi) is 5.15. The van der Waals surface area contributed by atoms with Crippen molar-refractivity contribution in [3.05, 3.63) is 12.2 Å². The SMILES string of the molecule is C=C1CCC(C)C(=O)N(C[C@@H](NC(N)=O)C(C)(C)C)C1=O. The number of nitrogens with two attached hydrogens (primary N) is 1. The van der Waals surface area contributed by atoms with Crippen LogP contribution in [0.3, 0.4) is 0 Å². The van der Waals surface area contributed by atoms with Gasteiger partial charge in [0.1, 0.15) is 0 Å². The van der Waals surface area contributed by atoms with E-state index in [0.717, 1.165) is 0 Å². The second-order valence-corrected chi connectivity index (χ2v) is 6.72. The second-order valence-electron chi connectivity index (χ2n) is 6.72. The Bertz CT molecular complexity index is 465. The first-order chi connectivity index (χ1) is 9.54. The quantitative estimate of drug-likeness (QED) is 0.609. The van der Waals surface area contributed by atoms with Crippen LogP contribution in [-0.4, -0.2) is 35.3 Å². The number of likely N-dealkylation sites (tertiary alicyclic amines) is 1. The fourth-order valence-electron chi connectivity index (χ4n) is 2.24. The molecule has 1 saturated heterocycles. The molecule has 21 heavy (non-hydrogen) atoms. The number of rotatable bonds is 3. The van der Waals surface area contributed by atoms with Crippen molar-refractivity contribution in [2.45, 2.75) is 46.6 Å². The van der Waals surface area contributed by atoms with Gasteiger partial charge >= 0.3 is 6.03 Å². The van der Waals surface area contributed by atoms with Crippen molar-refractivity contribution in [3.8, 4) is 0 Å². The van der Waals surface area contributed by atoms with Gasteiger partial charge < -0.3 is 11.1 Å². The van der Waals surface area contributed by atoms with Gasteiger partial charge in [-0.05, 0) is 18.3 Å². The van der Waals surface area contributed by atoms with Gasteiger partial charge in [0.05, 0.1) is 6.04 Å². The van der Waals surface area contributed by atoms with Crippen LogP contribution in [0, 0.1) is 11.3 Å². The van der Waals surface area contributed by atoms with Crippen molar-refractivity contribution in [2.24, 2.45) is 17.1 Å². The van der Waals surface area contributed by atoms with Crippen LogP contribution in [0.2, 0.25) is 0 Å². The number of nitrogens with zero attached hydrogens (tertiary/aromatic N) is 1. The summed E-state index contributed by atoms with van der Waals surface area (Å²) in [5.74, 6) is -0.813. The van der Waals surface area contributed by atoms with Crippen molar-refractivity contribution >= 4 is 17.8 Å². The molecule has 0 aliphatic carbocycles. The van der Waals surface area contributed by atoms with Gasteiger partial charge in [-0.2, -0.15) is 0 Å². The Morgan fingerprint density at radius 1 is 1.48 bits per heavy atom. The summed E-state index contributed by atoms with van der Waals surface area (Å²) in [5, 5.41) is 2.62. The fourth-order valence-corrected chi connectivity index (χ4v) is 2.24. The van der Waals surface area contributed by atoms with Crippen molar-refractivity contribution in [1.29, 1.82) is 0 Å². The number of imide groups is 1. The van der Waals surface area contributed by atoms with E-state index in [4.69, 9.17) is 5.73 Å². The van der Waals surface area contributed by atoms with Gasteiger partial charge in [0.2, 0.25) is 5.91 Å². The van der Waals surface area contributed by atoms with E-state index in [2.05, 4.69) is 11.9 Å². The van der Waals surface area contributed by atoms with Gasteiger partial charge in [-0.25, -0.2) is 4.79 Å². The van der Waals surface area contributed by atoms with Crippen LogP contribution in [-0.2, 0) is 9.59 Å². The number of urea groups is 1. The molecular weight excluding hydrogens is 270 g/mol. The number of amides is 4. The molecule has 4 amide bonds. The Labute approximate surface area is 125 Å². The van der Waals surface area contributed by atoms with Crippen molar-refractivity contribution in [3.63, 3.8) is 0 Å². The molecule has 0 aromatic carbocycles. The van der Waals surface area contributed by atoms with E-state index in [0.29, 0.717) is 18.4 Å². The molecule has 118 valence electrons. The van der Waals surface area contributed by atoms with Gasteiger partial charge in [-0.1, -0.05) is 34.3 Å². The van der Waals surface area contributed by atoms with Crippen LogP contribution in [0.1, 0.15) is 40.5 Å². The summed E-state index contributed by atoms with van der Waals surface area (Å²) in [4.78, 5) is 37.0. The summed E-state index contributed by atoms with van der Waals surface area (Å²) in [5.41, 5.74) is 5.28. The lowest BCUT2D eigenvalue weighted by molar-refractivity contribution is -0.145. The van der Waals surface area contributed by atoms with E-state index in [9.17, 15) is 14.4 Å².